The molecule has 0 aliphatic rings. The van der Waals surface area contributed by atoms with Crippen LogP contribution in [0.1, 0.15) is 37.6 Å². The Hall–Kier alpha value is -0.720. The molecule has 1 heteroatoms. The number of aromatic nitrogens is 1. The molecular weight excluding hydrogens is 134 g/mol. The van der Waals surface area contributed by atoms with E-state index in [0.717, 1.165) is 0 Å². The average molecular weight is 151 g/mol. The minimum absolute atomic E-state index is 0.689. The van der Waals surface area contributed by atoms with E-state index in [0.29, 0.717) is 5.92 Å². The van der Waals surface area contributed by atoms with Crippen molar-refractivity contribution in [2.24, 2.45) is 7.05 Å². The topological polar surface area (TPSA) is 4.93 Å². The molecule has 1 heterocycles. The van der Waals surface area contributed by atoms with E-state index in [2.05, 4.69) is 44.5 Å². The van der Waals surface area contributed by atoms with Crippen LogP contribution < -0.4 is 0 Å². The highest BCUT2D eigenvalue weighted by atomic mass is 14.9. The molecule has 0 aliphatic carbocycles. The third-order valence-electron chi connectivity index (χ3n) is 2.53. The van der Waals surface area contributed by atoms with Crippen LogP contribution in [0.2, 0.25) is 0 Å². The third-order valence-corrected chi connectivity index (χ3v) is 2.53. The molecule has 0 fully saturated rings. The fourth-order valence-corrected chi connectivity index (χ4v) is 1.34. The maximum Gasteiger partial charge on any atom is 0.0202 e. The van der Waals surface area contributed by atoms with Crippen LogP contribution in [0.15, 0.2) is 12.1 Å². The first-order valence-electron chi connectivity index (χ1n) is 4.29. The summed E-state index contributed by atoms with van der Waals surface area (Å²) in [5, 5.41) is 0. The molecule has 0 aliphatic heterocycles. The highest BCUT2D eigenvalue weighted by molar-refractivity contribution is 5.17. The van der Waals surface area contributed by atoms with Crippen LogP contribution in [0, 0.1) is 6.92 Å². The van der Waals surface area contributed by atoms with Gasteiger partial charge in [0.15, 0.2) is 0 Å². The number of hydrogen-bond acceptors (Lipinski definition) is 0. The lowest BCUT2D eigenvalue weighted by atomic mass is 10.1. The normalized spacial score (nSPS) is 13.5. The Balaban J connectivity index is 2.94. The second-order valence-electron chi connectivity index (χ2n) is 3.27. The van der Waals surface area contributed by atoms with Crippen molar-refractivity contribution in [2.75, 3.05) is 0 Å². The van der Waals surface area contributed by atoms with E-state index in [1.54, 1.807) is 0 Å². The average Bonchev–Trinajstić information content (AvgIpc) is 2.32. The van der Waals surface area contributed by atoms with Crippen molar-refractivity contribution in [3.05, 3.63) is 23.5 Å². The maximum atomic E-state index is 2.27. The van der Waals surface area contributed by atoms with Crippen LogP contribution in [0.4, 0.5) is 0 Å². The van der Waals surface area contributed by atoms with Crippen molar-refractivity contribution >= 4 is 0 Å². The fourth-order valence-electron chi connectivity index (χ4n) is 1.34. The SMILES string of the molecule is CCC(C)c1ccc(C)n1C. The highest BCUT2D eigenvalue weighted by Crippen LogP contribution is 2.19. The zero-order valence-electron chi connectivity index (χ0n) is 7.89. The van der Waals surface area contributed by atoms with Gasteiger partial charge in [-0.05, 0) is 31.4 Å². The van der Waals surface area contributed by atoms with Crippen molar-refractivity contribution in [3.63, 3.8) is 0 Å². The third kappa shape index (κ3) is 1.47. The van der Waals surface area contributed by atoms with Crippen LogP contribution in [-0.4, -0.2) is 4.57 Å². The van der Waals surface area contributed by atoms with Crippen LogP contribution >= 0.6 is 0 Å². The molecule has 0 bridgehead atoms. The molecule has 0 N–H and O–H groups in total. The molecule has 0 aromatic carbocycles. The fraction of sp³-hybridized carbons (Fsp3) is 0.600. The maximum absolute atomic E-state index is 2.27. The molecule has 0 radical (unpaired) electrons. The standard InChI is InChI=1S/C10H17N/c1-5-8(2)10-7-6-9(3)11(10)4/h6-8H,5H2,1-4H3. The molecule has 0 saturated carbocycles. The quantitative estimate of drug-likeness (QED) is 0.612. The number of hydrogen-bond donors (Lipinski definition) is 0. The lowest BCUT2D eigenvalue weighted by Gasteiger charge is -2.10. The van der Waals surface area contributed by atoms with Gasteiger partial charge in [0.1, 0.15) is 0 Å². The number of rotatable bonds is 2. The molecular formula is C10H17N. The Morgan fingerprint density at radius 3 is 2.45 bits per heavy atom. The predicted octanol–water partition coefficient (Wildman–Crippen LogP) is 2.85. The first kappa shape index (κ1) is 8.38. The van der Waals surface area contributed by atoms with Crippen molar-refractivity contribution in [1.82, 2.24) is 4.57 Å². The number of aryl methyl sites for hydroxylation is 1. The van der Waals surface area contributed by atoms with Crippen molar-refractivity contribution in [2.45, 2.75) is 33.1 Å². The predicted molar refractivity (Wildman–Crippen MR) is 48.9 cm³/mol. The molecule has 1 unspecified atom stereocenters. The van der Waals surface area contributed by atoms with Gasteiger partial charge in [0.05, 0.1) is 0 Å². The lowest BCUT2D eigenvalue weighted by molar-refractivity contribution is 0.659. The van der Waals surface area contributed by atoms with Crippen LogP contribution in [0.25, 0.3) is 0 Å². The first-order valence-corrected chi connectivity index (χ1v) is 4.29. The summed E-state index contributed by atoms with van der Waals surface area (Å²) >= 11 is 0. The van der Waals surface area contributed by atoms with E-state index in [9.17, 15) is 0 Å². The molecule has 1 nitrogen and oxygen atoms in total. The summed E-state index contributed by atoms with van der Waals surface area (Å²) in [5.74, 6) is 0.689. The minimum atomic E-state index is 0.689. The van der Waals surface area contributed by atoms with Gasteiger partial charge in [-0.3, -0.25) is 0 Å². The summed E-state index contributed by atoms with van der Waals surface area (Å²) in [4.78, 5) is 0. The Labute approximate surface area is 69.0 Å². The van der Waals surface area contributed by atoms with Gasteiger partial charge >= 0.3 is 0 Å². The summed E-state index contributed by atoms with van der Waals surface area (Å²) in [6.45, 7) is 6.65. The summed E-state index contributed by atoms with van der Waals surface area (Å²) in [6, 6.07) is 4.41. The van der Waals surface area contributed by atoms with E-state index in [1.165, 1.54) is 17.8 Å². The van der Waals surface area contributed by atoms with Gasteiger partial charge in [-0.1, -0.05) is 13.8 Å². The van der Waals surface area contributed by atoms with Crippen LogP contribution in [-0.2, 0) is 7.05 Å². The molecule has 62 valence electrons. The second kappa shape index (κ2) is 3.12. The van der Waals surface area contributed by atoms with Crippen molar-refractivity contribution in [1.29, 1.82) is 0 Å². The van der Waals surface area contributed by atoms with Gasteiger partial charge in [-0.25, -0.2) is 0 Å². The zero-order chi connectivity index (χ0) is 8.43. The molecule has 1 rings (SSSR count). The Bertz CT molecular complexity index is 235. The summed E-state index contributed by atoms with van der Waals surface area (Å²) in [6.07, 6.45) is 1.22. The van der Waals surface area contributed by atoms with E-state index >= 15 is 0 Å². The van der Waals surface area contributed by atoms with Crippen molar-refractivity contribution < 1.29 is 0 Å². The van der Waals surface area contributed by atoms with Crippen molar-refractivity contribution in [3.8, 4) is 0 Å². The van der Waals surface area contributed by atoms with E-state index < -0.39 is 0 Å². The van der Waals surface area contributed by atoms with E-state index in [4.69, 9.17) is 0 Å². The summed E-state index contributed by atoms with van der Waals surface area (Å²) in [7, 11) is 2.14. The molecule has 1 aromatic rings. The van der Waals surface area contributed by atoms with Gasteiger partial charge in [0.2, 0.25) is 0 Å². The smallest absolute Gasteiger partial charge is 0.0202 e. The van der Waals surface area contributed by atoms with Gasteiger partial charge in [0.25, 0.3) is 0 Å². The molecule has 1 atom stereocenters. The first-order chi connectivity index (χ1) is 5.16. The zero-order valence-corrected chi connectivity index (χ0v) is 7.89. The lowest BCUT2D eigenvalue weighted by Crippen LogP contribution is -2.01. The van der Waals surface area contributed by atoms with Gasteiger partial charge in [0, 0.05) is 18.4 Å². The molecule has 0 amide bonds. The Morgan fingerprint density at radius 1 is 1.45 bits per heavy atom. The molecule has 1 aromatic heterocycles. The Morgan fingerprint density at radius 2 is 2.09 bits per heavy atom. The van der Waals surface area contributed by atoms with Gasteiger partial charge in [-0.2, -0.15) is 0 Å². The molecule has 11 heavy (non-hydrogen) atoms. The van der Waals surface area contributed by atoms with E-state index in [1.807, 2.05) is 0 Å². The number of nitrogens with zero attached hydrogens (tertiary/aromatic N) is 1. The Kier molecular flexibility index (Phi) is 2.38. The monoisotopic (exact) mass is 151 g/mol. The summed E-state index contributed by atoms with van der Waals surface area (Å²) in [5.41, 5.74) is 2.80. The van der Waals surface area contributed by atoms with Gasteiger partial charge in [-0.15, -0.1) is 0 Å². The van der Waals surface area contributed by atoms with E-state index in [-0.39, 0.29) is 0 Å². The molecule has 0 spiro atoms. The van der Waals surface area contributed by atoms with Crippen LogP contribution in [0.3, 0.4) is 0 Å². The summed E-state index contributed by atoms with van der Waals surface area (Å²) < 4.78 is 2.27. The minimum Gasteiger partial charge on any atom is -0.352 e. The van der Waals surface area contributed by atoms with Gasteiger partial charge < -0.3 is 4.57 Å². The molecule has 0 saturated heterocycles. The highest BCUT2D eigenvalue weighted by Gasteiger charge is 2.06. The van der Waals surface area contributed by atoms with Crippen LogP contribution in [0.5, 0.6) is 0 Å². The second-order valence-corrected chi connectivity index (χ2v) is 3.27. The largest absolute Gasteiger partial charge is 0.352 e.